The molecule has 0 amide bonds. The fourth-order valence-electron chi connectivity index (χ4n) is 3.62. The predicted octanol–water partition coefficient (Wildman–Crippen LogP) is 4.64. The van der Waals surface area contributed by atoms with E-state index < -0.39 is 11.2 Å². The lowest BCUT2D eigenvalue weighted by Gasteiger charge is -2.10. The second kappa shape index (κ2) is 11.8. The number of aromatic nitrogens is 4. The maximum absolute atomic E-state index is 12.7. The summed E-state index contributed by atoms with van der Waals surface area (Å²) in [6.45, 7) is 0.281. The summed E-state index contributed by atoms with van der Waals surface area (Å²) in [4.78, 5) is 29.2. The standard InChI is InChI=1S/C20H19N5O3.C7H5NS/c1-24-19(26)16-17(21-14-6-4-3-5-7-14)22-23-18(16)25(20(24)27)12-13-8-10-15(28-2)11-9-13;9-6-8-7-4-2-1-3-5-7/h3-11H,12H2,1-2H3,(H2,21,22,23);1-5H. The fourth-order valence-corrected chi connectivity index (χ4v) is 3.73. The molecule has 10 heteroatoms. The molecule has 0 saturated heterocycles. The van der Waals surface area contributed by atoms with E-state index >= 15 is 0 Å². The zero-order chi connectivity index (χ0) is 26.2. The van der Waals surface area contributed by atoms with Crippen LogP contribution in [0.3, 0.4) is 0 Å². The van der Waals surface area contributed by atoms with E-state index in [0.717, 1.165) is 27.3 Å². The summed E-state index contributed by atoms with van der Waals surface area (Å²) >= 11 is 4.42. The van der Waals surface area contributed by atoms with Crippen LogP contribution in [0.5, 0.6) is 5.75 Å². The summed E-state index contributed by atoms with van der Waals surface area (Å²) in [5, 5.41) is 12.9. The number of H-pyrrole nitrogens is 1. The zero-order valence-corrected chi connectivity index (χ0v) is 21.0. The Morgan fingerprint density at radius 2 is 1.65 bits per heavy atom. The average molecular weight is 513 g/mol. The van der Waals surface area contributed by atoms with Crippen LogP contribution in [0, 0.1) is 0 Å². The maximum Gasteiger partial charge on any atom is 0.332 e. The second-order valence-electron chi connectivity index (χ2n) is 7.91. The number of thiocarbonyl (C=S) groups is 1. The lowest BCUT2D eigenvalue weighted by molar-refractivity contribution is 0.414. The van der Waals surface area contributed by atoms with E-state index in [1.54, 1.807) is 7.11 Å². The molecule has 37 heavy (non-hydrogen) atoms. The molecule has 3 aromatic carbocycles. The van der Waals surface area contributed by atoms with Gasteiger partial charge in [0.15, 0.2) is 5.65 Å². The Balaban J connectivity index is 0.000000301. The number of hydrogen-bond acceptors (Lipinski definition) is 7. The number of benzene rings is 3. The number of rotatable bonds is 6. The number of aromatic amines is 1. The van der Waals surface area contributed by atoms with Crippen LogP contribution in [0.15, 0.2) is 99.5 Å². The first kappa shape index (κ1) is 25.3. The lowest BCUT2D eigenvalue weighted by Crippen LogP contribution is -2.38. The van der Waals surface area contributed by atoms with Crippen molar-refractivity contribution in [2.45, 2.75) is 6.54 Å². The highest BCUT2D eigenvalue weighted by Gasteiger charge is 2.18. The van der Waals surface area contributed by atoms with Gasteiger partial charge in [-0.2, -0.15) is 10.1 Å². The van der Waals surface area contributed by atoms with E-state index in [-0.39, 0.29) is 6.54 Å². The summed E-state index contributed by atoms with van der Waals surface area (Å²) in [6.07, 6.45) is 0. The van der Waals surface area contributed by atoms with Crippen LogP contribution >= 0.6 is 12.2 Å². The average Bonchev–Trinajstić information content (AvgIpc) is 3.35. The van der Waals surface area contributed by atoms with Crippen LogP contribution in [0.4, 0.5) is 17.2 Å². The van der Waals surface area contributed by atoms with Gasteiger partial charge in [0.1, 0.15) is 17.0 Å². The van der Waals surface area contributed by atoms with Gasteiger partial charge < -0.3 is 10.1 Å². The molecule has 0 atom stereocenters. The quantitative estimate of drug-likeness (QED) is 0.254. The third kappa shape index (κ3) is 5.90. The Morgan fingerprint density at radius 1 is 1.00 bits per heavy atom. The number of methoxy groups -OCH3 is 1. The van der Waals surface area contributed by atoms with Gasteiger partial charge >= 0.3 is 5.69 Å². The molecule has 9 nitrogen and oxygen atoms in total. The summed E-state index contributed by atoms with van der Waals surface area (Å²) in [5.74, 6) is 1.18. The largest absolute Gasteiger partial charge is 0.497 e. The maximum atomic E-state index is 12.7. The fraction of sp³-hybridized carbons (Fsp3) is 0.111. The molecule has 0 aliphatic heterocycles. The minimum atomic E-state index is -0.425. The number of anilines is 2. The highest BCUT2D eigenvalue weighted by Crippen LogP contribution is 2.21. The van der Waals surface area contributed by atoms with Crippen molar-refractivity contribution in [2.24, 2.45) is 12.0 Å². The summed E-state index contributed by atoms with van der Waals surface area (Å²) < 4.78 is 7.74. The molecule has 0 bridgehead atoms. The highest BCUT2D eigenvalue weighted by atomic mass is 32.1. The van der Waals surface area contributed by atoms with Crippen LogP contribution in [0.2, 0.25) is 0 Å². The van der Waals surface area contributed by atoms with E-state index in [4.69, 9.17) is 4.74 Å². The molecule has 186 valence electrons. The summed E-state index contributed by atoms with van der Waals surface area (Å²) in [6, 6.07) is 26.3. The van der Waals surface area contributed by atoms with Gasteiger partial charge in [0, 0.05) is 12.7 Å². The SMILES string of the molecule is COc1ccc(Cn2c(=O)n(C)c(=O)c3c(Nc4ccccc4)[nH]nc32)cc1.S=C=Nc1ccccc1. The van der Waals surface area contributed by atoms with Crippen molar-refractivity contribution in [3.05, 3.63) is 111 Å². The first-order valence-corrected chi connectivity index (χ1v) is 11.7. The van der Waals surface area contributed by atoms with Crippen molar-refractivity contribution in [3.8, 4) is 5.75 Å². The normalized spacial score (nSPS) is 10.2. The van der Waals surface area contributed by atoms with Gasteiger partial charge in [0.05, 0.1) is 24.5 Å². The van der Waals surface area contributed by atoms with Crippen LogP contribution in [0.25, 0.3) is 11.0 Å². The van der Waals surface area contributed by atoms with Crippen LogP contribution < -0.4 is 21.3 Å². The molecule has 0 unspecified atom stereocenters. The monoisotopic (exact) mass is 512 g/mol. The molecule has 0 radical (unpaired) electrons. The number of ether oxygens (including phenoxy) is 1. The van der Waals surface area contributed by atoms with E-state index in [1.807, 2.05) is 84.9 Å². The Hall–Kier alpha value is -4.79. The van der Waals surface area contributed by atoms with Gasteiger partial charge in [-0.15, -0.1) is 0 Å². The first-order chi connectivity index (χ1) is 18.0. The number of isothiocyanates is 1. The van der Waals surface area contributed by atoms with Gasteiger partial charge in [-0.25, -0.2) is 4.79 Å². The van der Waals surface area contributed by atoms with E-state index in [0.29, 0.717) is 16.9 Å². The Kier molecular flexibility index (Phi) is 8.05. The van der Waals surface area contributed by atoms with E-state index in [2.05, 4.69) is 37.9 Å². The molecule has 5 rings (SSSR count). The van der Waals surface area contributed by atoms with E-state index in [9.17, 15) is 9.59 Å². The van der Waals surface area contributed by atoms with Crippen molar-refractivity contribution in [2.75, 3.05) is 12.4 Å². The van der Waals surface area contributed by atoms with Crippen LogP contribution in [-0.2, 0) is 13.6 Å². The molecule has 2 N–H and O–H groups in total. The minimum absolute atomic E-state index is 0.281. The molecular weight excluding hydrogens is 488 g/mol. The molecule has 0 aliphatic carbocycles. The molecule has 0 fully saturated rings. The number of para-hydroxylation sites is 2. The number of hydrogen-bond donors (Lipinski definition) is 2. The van der Waals surface area contributed by atoms with Crippen molar-refractivity contribution < 1.29 is 4.74 Å². The van der Waals surface area contributed by atoms with Gasteiger partial charge in [-0.3, -0.25) is 19.0 Å². The summed E-state index contributed by atoms with van der Waals surface area (Å²) in [7, 11) is 3.06. The van der Waals surface area contributed by atoms with Crippen LogP contribution in [-0.4, -0.2) is 31.6 Å². The molecule has 0 saturated carbocycles. The number of aliphatic imine (C=N–C) groups is 1. The molecular formula is C27H24N6O3S. The molecule has 2 aromatic heterocycles. The van der Waals surface area contributed by atoms with Gasteiger partial charge in [0.25, 0.3) is 5.56 Å². The van der Waals surface area contributed by atoms with Crippen molar-refractivity contribution >= 4 is 45.6 Å². The van der Waals surface area contributed by atoms with Gasteiger partial charge in [0.2, 0.25) is 0 Å². The molecule has 5 aromatic rings. The highest BCUT2D eigenvalue weighted by molar-refractivity contribution is 7.78. The second-order valence-corrected chi connectivity index (χ2v) is 8.09. The third-order valence-corrected chi connectivity index (χ3v) is 5.60. The molecule has 0 spiro atoms. The van der Waals surface area contributed by atoms with Crippen molar-refractivity contribution in [1.29, 1.82) is 0 Å². The smallest absolute Gasteiger partial charge is 0.332 e. The number of fused-ring (bicyclic) bond motifs is 1. The van der Waals surface area contributed by atoms with Gasteiger partial charge in [-0.05, 0) is 54.2 Å². The molecule has 2 heterocycles. The summed E-state index contributed by atoms with van der Waals surface area (Å²) in [5.41, 5.74) is 2.03. The molecule has 0 aliphatic rings. The van der Waals surface area contributed by atoms with E-state index in [1.165, 1.54) is 11.6 Å². The Labute approximate surface area is 217 Å². The van der Waals surface area contributed by atoms with Crippen molar-refractivity contribution in [3.63, 3.8) is 0 Å². The topological polar surface area (TPSA) is 106 Å². The van der Waals surface area contributed by atoms with Gasteiger partial charge in [-0.1, -0.05) is 48.5 Å². The Morgan fingerprint density at radius 3 is 2.27 bits per heavy atom. The Bertz CT molecular complexity index is 1650. The first-order valence-electron chi connectivity index (χ1n) is 11.3. The zero-order valence-electron chi connectivity index (χ0n) is 20.2. The number of nitrogens with one attached hydrogen (secondary N) is 2. The number of nitrogens with zero attached hydrogens (tertiary/aromatic N) is 4. The predicted molar refractivity (Wildman–Crippen MR) is 149 cm³/mol. The van der Waals surface area contributed by atoms with Crippen molar-refractivity contribution in [1.82, 2.24) is 19.3 Å². The lowest BCUT2D eigenvalue weighted by atomic mass is 10.2. The third-order valence-electron chi connectivity index (χ3n) is 5.51. The van der Waals surface area contributed by atoms with Crippen LogP contribution in [0.1, 0.15) is 5.56 Å². The minimum Gasteiger partial charge on any atom is -0.497 e.